The van der Waals surface area contributed by atoms with Gasteiger partial charge in [-0.1, -0.05) is 23.7 Å². The maximum Gasteiger partial charge on any atom is 0.297 e. The van der Waals surface area contributed by atoms with Crippen molar-refractivity contribution in [3.05, 3.63) is 53.0 Å². The van der Waals surface area contributed by atoms with Crippen LogP contribution < -0.4 is 10.6 Å². The molecule has 4 amide bonds. The fraction of sp³-hybridized carbons (Fsp3) is 0.483. The molecule has 234 valence electrons. The standard InChI is InChI=1S/C29H33FN4O7PS.Hf/c1-15(35)33-12-21(30)23(13-33)32-27(36)24-6-5-20-9-17-3-4-18(17)10-22(29(38)34(20)24)31-28(37)26-11-19-8-16(14-42(39,40)41)2-7-25(19)43-26;/h2-4,7-8,11,14,17-18,20-24H,5-6,9-10,12-13H2,1H3,(H,31,37)(H,32,36)(H2,39,40,41);/q-1;/t17-,18+,20+,21-,22?,23-,24-;/m0./s1. The third kappa shape index (κ3) is 6.74. The summed E-state index contributed by atoms with van der Waals surface area (Å²) in [5, 5.41) is 6.28. The van der Waals surface area contributed by atoms with Crippen LogP contribution >= 0.6 is 18.9 Å². The second kappa shape index (κ2) is 12.8. The fourth-order valence-corrected chi connectivity index (χ4v) is 8.23. The van der Waals surface area contributed by atoms with Crippen LogP contribution in [0.15, 0.2) is 36.4 Å². The van der Waals surface area contributed by atoms with Crippen LogP contribution in [0.25, 0.3) is 10.1 Å². The molecular weight excluding hydrogens is 777 g/mol. The molecule has 3 saturated heterocycles. The molecular formula is C29H33FHfN4O7PS-. The number of carbonyl (C=O) groups excluding carboxylic acids is 4. The van der Waals surface area contributed by atoms with Crippen LogP contribution in [-0.4, -0.2) is 86.6 Å². The van der Waals surface area contributed by atoms with Gasteiger partial charge in [-0.05, 0) is 43.6 Å². The van der Waals surface area contributed by atoms with Crippen molar-refractivity contribution in [2.24, 2.45) is 11.8 Å². The number of allylic oxidation sites excluding steroid dienone is 2. The summed E-state index contributed by atoms with van der Waals surface area (Å²) in [5.41, 5.74) is 0.332. The number of halogens is 1. The van der Waals surface area contributed by atoms with Gasteiger partial charge in [0.25, 0.3) is 13.5 Å². The third-order valence-electron chi connectivity index (χ3n) is 8.97. The first kappa shape index (κ1) is 33.0. The number of nitrogens with one attached hydrogen (secondary N) is 2. The number of hydrogen-bond donors (Lipinski definition) is 4. The maximum absolute atomic E-state index is 14.6. The average Bonchev–Trinajstić information content (AvgIpc) is 3.63. The molecule has 7 atom stereocenters. The molecule has 4 N–H and O–H groups in total. The zero-order valence-corrected chi connectivity index (χ0v) is 29.2. The second-order valence-corrected chi connectivity index (χ2v) is 14.4. The van der Waals surface area contributed by atoms with E-state index in [0.717, 1.165) is 17.3 Å². The Morgan fingerprint density at radius 3 is 2.45 bits per heavy atom. The monoisotopic (exact) mass is 811 g/mol. The third-order valence-corrected chi connectivity index (χ3v) is 10.7. The van der Waals surface area contributed by atoms with Crippen molar-refractivity contribution in [3.63, 3.8) is 0 Å². The van der Waals surface area contributed by atoms with Crippen molar-refractivity contribution in [2.75, 3.05) is 13.1 Å². The Hall–Kier alpha value is -2.38. The van der Waals surface area contributed by atoms with Gasteiger partial charge in [-0.15, -0.1) is 17.4 Å². The molecule has 2 aromatic rings. The Labute approximate surface area is 276 Å². The zero-order valence-electron chi connectivity index (χ0n) is 23.9. The molecule has 0 bridgehead atoms. The van der Waals surface area contributed by atoms with Gasteiger partial charge < -0.3 is 30.2 Å². The smallest absolute Gasteiger partial charge is 0.297 e. The molecule has 0 spiro atoms. The Morgan fingerprint density at radius 1 is 1.07 bits per heavy atom. The molecule has 15 heteroatoms. The van der Waals surface area contributed by atoms with Gasteiger partial charge in [0.05, 0.1) is 17.5 Å². The quantitative estimate of drug-likeness (QED) is 0.151. The predicted octanol–water partition coefficient (Wildman–Crippen LogP) is 2.33. The molecule has 44 heavy (non-hydrogen) atoms. The maximum atomic E-state index is 14.6. The normalized spacial score (nSPS) is 29.5. The van der Waals surface area contributed by atoms with E-state index < -0.39 is 43.7 Å². The van der Waals surface area contributed by atoms with Crippen LogP contribution in [0.4, 0.5) is 4.39 Å². The minimum absolute atomic E-state index is 0. The van der Waals surface area contributed by atoms with E-state index in [2.05, 4.69) is 16.7 Å². The van der Waals surface area contributed by atoms with E-state index in [0.29, 0.717) is 35.1 Å². The van der Waals surface area contributed by atoms with E-state index in [1.165, 1.54) is 23.2 Å². The molecule has 3 aliphatic heterocycles. The van der Waals surface area contributed by atoms with Gasteiger partial charge in [-0.2, -0.15) is 17.7 Å². The molecule has 1 unspecified atom stereocenters. The first-order chi connectivity index (χ1) is 20.4. The number of thiophene rings is 1. The summed E-state index contributed by atoms with van der Waals surface area (Å²) in [4.78, 5) is 74.4. The van der Waals surface area contributed by atoms with E-state index >= 15 is 0 Å². The average molecular weight is 810 g/mol. The minimum atomic E-state index is -4.37. The first-order valence-corrected chi connectivity index (χ1v) is 16.8. The molecule has 4 aliphatic rings. The zero-order chi connectivity index (χ0) is 30.6. The minimum Gasteiger partial charge on any atom is -0.347 e. The van der Waals surface area contributed by atoms with Crippen LogP contribution in [-0.2, 0) is 44.8 Å². The Morgan fingerprint density at radius 2 is 1.80 bits per heavy atom. The molecule has 3 fully saturated rings. The van der Waals surface area contributed by atoms with Crippen molar-refractivity contribution in [3.8, 4) is 0 Å². The topological polar surface area (TPSA) is 156 Å². The van der Waals surface area contributed by atoms with E-state index in [9.17, 15) is 37.9 Å². The van der Waals surface area contributed by atoms with Crippen molar-refractivity contribution < 1.29 is 63.8 Å². The molecule has 4 heterocycles. The number of alkyl halides is 1. The van der Waals surface area contributed by atoms with Crippen molar-refractivity contribution in [2.45, 2.75) is 62.9 Å². The Bertz CT molecular complexity index is 1570. The summed E-state index contributed by atoms with van der Waals surface area (Å²) >= 11 is 1.20. The number of fused-ring (bicyclic) bond motifs is 3. The van der Waals surface area contributed by atoms with Gasteiger partial charge in [-0.3, -0.25) is 23.7 Å². The van der Waals surface area contributed by atoms with Crippen molar-refractivity contribution >= 4 is 52.6 Å². The summed E-state index contributed by atoms with van der Waals surface area (Å²) in [7, 11) is -4.37. The number of rotatable bonds is 6. The van der Waals surface area contributed by atoms with Gasteiger partial charge in [0.15, 0.2) is 0 Å². The van der Waals surface area contributed by atoms with E-state index in [-0.39, 0.29) is 68.6 Å². The van der Waals surface area contributed by atoms with E-state index in [4.69, 9.17) is 0 Å². The van der Waals surface area contributed by atoms with Gasteiger partial charge in [0.2, 0.25) is 17.7 Å². The second-order valence-electron chi connectivity index (χ2n) is 11.9. The van der Waals surface area contributed by atoms with Crippen LogP contribution in [0, 0.1) is 18.0 Å². The molecule has 0 radical (unpaired) electrons. The van der Waals surface area contributed by atoms with Crippen LogP contribution in [0.3, 0.4) is 0 Å². The van der Waals surface area contributed by atoms with Crippen molar-refractivity contribution in [1.82, 2.24) is 20.4 Å². The summed E-state index contributed by atoms with van der Waals surface area (Å²) < 4.78 is 26.8. The van der Waals surface area contributed by atoms with Gasteiger partial charge in [0, 0.05) is 50.1 Å². The van der Waals surface area contributed by atoms with E-state index in [1.807, 2.05) is 6.08 Å². The van der Waals surface area contributed by atoms with Crippen LogP contribution in [0.2, 0.25) is 0 Å². The van der Waals surface area contributed by atoms with Gasteiger partial charge >= 0.3 is 0 Å². The summed E-state index contributed by atoms with van der Waals surface area (Å²) in [6.07, 6.45) is 5.76. The largest absolute Gasteiger partial charge is 0.347 e. The summed E-state index contributed by atoms with van der Waals surface area (Å²) in [6.45, 7) is 1.35. The SMILES string of the molecule is CC(=O)N1C[C@H](NC(=O)[C@@H]2CC[C@@H]3C[C@@H]4C=C[C@@H]4CC(NC(=O)c4cc5cc([CH-]P(=O)(O)O)ccc5s4)C(=O)N32)[C@@H](F)C1.[Hf]. The molecule has 1 aromatic carbocycles. The summed E-state index contributed by atoms with van der Waals surface area (Å²) in [5.74, 6) is -1.16. The number of likely N-dealkylation sites (tertiary alicyclic amines) is 1. The fourth-order valence-electron chi connectivity index (χ4n) is 6.74. The number of nitrogens with zero attached hydrogens (tertiary/aromatic N) is 2. The van der Waals surface area contributed by atoms with Gasteiger partial charge in [-0.25, -0.2) is 4.39 Å². The molecule has 11 nitrogen and oxygen atoms in total. The summed E-state index contributed by atoms with van der Waals surface area (Å²) in [6, 6.07) is 3.75. The predicted molar refractivity (Wildman–Crippen MR) is 157 cm³/mol. The van der Waals surface area contributed by atoms with Crippen LogP contribution in [0.1, 0.15) is 47.8 Å². The van der Waals surface area contributed by atoms with Gasteiger partial charge in [0.1, 0.15) is 18.3 Å². The Balaban J connectivity index is 0.00000384. The number of hydrogen-bond acceptors (Lipinski definition) is 6. The molecule has 1 aromatic heterocycles. The van der Waals surface area contributed by atoms with E-state index in [1.54, 1.807) is 29.2 Å². The molecule has 6 rings (SSSR count). The molecule has 0 saturated carbocycles. The number of amides is 4. The number of benzene rings is 1. The van der Waals surface area contributed by atoms with Crippen molar-refractivity contribution in [1.29, 1.82) is 0 Å². The van der Waals surface area contributed by atoms with Crippen LogP contribution in [0.5, 0.6) is 0 Å². The number of carbonyl (C=O) groups is 4. The first-order valence-electron chi connectivity index (χ1n) is 14.3. The molecule has 1 aliphatic carbocycles. The Kier molecular flexibility index (Phi) is 9.59.